The van der Waals surface area contributed by atoms with Crippen LogP contribution in [0, 0.1) is 0 Å². The highest BCUT2D eigenvalue weighted by molar-refractivity contribution is 7.14. The summed E-state index contributed by atoms with van der Waals surface area (Å²) in [6, 6.07) is 75.1. The zero-order valence-corrected chi connectivity index (χ0v) is 50.9. The second-order valence-electron chi connectivity index (χ2n) is 19.2. The van der Waals surface area contributed by atoms with Gasteiger partial charge in [0.25, 0.3) is 0 Å². The lowest BCUT2D eigenvalue weighted by Crippen LogP contribution is -2.86. The van der Waals surface area contributed by atoms with Crippen LogP contribution in [0.1, 0.15) is 0 Å². The van der Waals surface area contributed by atoms with Gasteiger partial charge in [0.2, 0.25) is 0 Å². The number of benzene rings is 7. The van der Waals surface area contributed by atoms with Gasteiger partial charge in [0.15, 0.2) is 18.1 Å². The minimum absolute atomic E-state index is 0.460. The van der Waals surface area contributed by atoms with Gasteiger partial charge in [0.1, 0.15) is 0 Å². The number of hydrogen-bond donors (Lipinski definition) is 0. The fraction of sp³-hybridized carbons (Fsp3) is 0.208. The molecule has 0 atom stereocenters. The molecule has 0 bridgehead atoms. The van der Waals surface area contributed by atoms with Crippen molar-refractivity contribution in [2.75, 3.05) is 0 Å². The van der Waals surface area contributed by atoms with Gasteiger partial charge in [0, 0.05) is 0 Å². The molecule has 8 rings (SSSR count). The molecule has 1 saturated heterocycles. The molecule has 1 aliphatic rings. The van der Waals surface area contributed by atoms with Crippen molar-refractivity contribution >= 4 is 114 Å². The molecule has 1 aliphatic heterocycles. The van der Waals surface area contributed by atoms with Crippen molar-refractivity contribution in [3.8, 4) is 0 Å². The Balaban J connectivity index is 1.50. The molecule has 0 amide bonds. The van der Waals surface area contributed by atoms with Crippen molar-refractivity contribution in [3.05, 3.63) is 212 Å². The van der Waals surface area contributed by atoms with E-state index in [1.54, 1.807) is 0 Å². The van der Waals surface area contributed by atoms with E-state index in [0.29, 0.717) is 12.1 Å². The summed E-state index contributed by atoms with van der Waals surface area (Å²) < 4.78 is 63.1. The Kier molecular flexibility index (Phi) is 16.6. The Bertz CT molecular complexity index is 2470. The maximum absolute atomic E-state index is 8.71. The van der Waals surface area contributed by atoms with E-state index in [1.807, 2.05) is 0 Å². The van der Waals surface area contributed by atoms with E-state index in [4.69, 9.17) is 32.9 Å². The molecule has 0 saturated carbocycles. The van der Waals surface area contributed by atoms with Gasteiger partial charge in [-0.3, -0.25) is 0 Å². The fourth-order valence-electron chi connectivity index (χ4n) is 9.74. The van der Waals surface area contributed by atoms with E-state index in [9.17, 15) is 0 Å². The first-order valence-corrected chi connectivity index (χ1v) is 44.5. The van der Waals surface area contributed by atoms with E-state index in [0.717, 1.165) is 36.3 Å². The molecule has 0 unspecified atom stereocenters. The van der Waals surface area contributed by atoms with Gasteiger partial charge in [-0.1, -0.05) is 212 Å². The van der Waals surface area contributed by atoms with Gasteiger partial charge in [-0.25, -0.2) is 0 Å². The first kappa shape index (κ1) is 52.5. The number of hydrogen-bond acceptors (Lipinski definition) is 8. The normalized spacial score (nSPS) is 16.9. The predicted octanol–water partition coefficient (Wildman–Crippen LogP) is 8.23. The van der Waals surface area contributed by atoms with Crippen LogP contribution in [0.25, 0.3) is 0 Å². The Labute approximate surface area is 427 Å². The third kappa shape index (κ3) is 11.8. The quantitative estimate of drug-likeness (QED) is 0.0798. The molecular formula is C53H66O8Si9. The summed E-state index contributed by atoms with van der Waals surface area (Å²) in [6.45, 7) is 19.5. The Morgan fingerprint density at radius 2 is 0.571 bits per heavy atom. The molecule has 2 radical (unpaired) electrons. The third-order valence-electron chi connectivity index (χ3n) is 12.1. The highest BCUT2D eigenvalue weighted by atomic mass is 28.5. The molecule has 0 N–H and O–H groups in total. The summed E-state index contributed by atoms with van der Waals surface area (Å²) >= 11 is 0. The summed E-state index contributed by atoms with van der Waals surface area (Å²) in [5.41, 5.74) is 0. The van der Waals surface area contributed by atoms with Crippen LogP contribution in [0.4, 0.5) is 0 Å². The van der Waals surface area contributed by atoms with Crippen LogP contribution in [0.3, 0.4) is 0 Å². The zero-order chi connectivity index (χ0) is 49.5. The van der Waals surface area contributed by atoms with Crippen molar-refractivity contribution in [1.29, 1.82) is 0 Å². The van der Waals surface area contributed by atoms with Crippen LogP contribution < -0.4 is 36.3 Å². The topological polar surface area (TPSA) is 73.8 Å². The standard InChI is InChI=1S/C53H66O8Si9/c1-62(2)54-64(5,6)56-66(9,57-65(7,8)55-63(3)4)45-46-67(47-31-17-10-18-32-47)58-68(48-33-19-11-20-34-48,49-35-21-12-22-36-49)60-70(52-41-27-15-28-42-52,53-43-29-16-30-44-53)61-69(59-67,50-37-23-13-24-38-50)51-39-25-14-26-40-51/h10-44H,45-46H2,1-9H3. The summed E-state index contributed by atoms with van der Waals surface area (Å²) in [5.74, 6) is 0. The minimum Gasteiger partial charge on any atom is -0.437 e. The minimum atomic E-state index is -4.03. The smallest absolute Gasteiger partial charge is 0.390 e. The molecule has 8 nitrogen and oxygen atoms in total. The Hall–Kier alpha value is -3.83. The summed E-state index contributed by atoms with van der Waals surface area (Å²) in [7, 11) is -27.0. The van der Waals surface area contributed by atoms with Crippen molar-refractivity contribution in [1.82, 2.24) is 0 Å². The average molecular weight is 1080 g/mol. The zero-order valence-electron chi connectivity index (χ0n) is 41.9. The third-order valence-corrected chi connectivity index (χ3v) is 46.5. The molecular weight excluding hydrogens is 1020 g/mol. The summed E-state index contributed by atoms with van der Waals surface area (Å²) in [4.78, 5) is 0. The molecule has 0 spiro atoms. The molecule has 362 valence electrons. The van der Waals surface area contributed by atoms with Gasteiger partial charge in [-0.2, -0.15) is 0 Å². The first-order chi connectivity index (χ1) is 33.5. The highest BCUT2D eigenvalue weighted by Crippen LogP contribution is 2.37. The lowest BCUT2D eigenvalue weighted by Gasteiger charge is -2.54. The van der Waals surface area contributed by atoms with Crippen molar-refractivity contribution < 1.29 is 32.9 Å². The predicted molar refractivity (Wildman–Crippen MR) is 305 cm³/mol. The molecule has 0 aliphatic carbocycles. The van der Waals surface area contributed by atoms with Gasteiger partial charge in [0.05, 0.1) is 0 Å². The average Bonchev–Trinajstić information content (AvgIpc) is 3.35. The van der Waals surface area contributed by atoms with E-state index in [-0.39, 0.29) is 0 Å². The monoisotopic (exact) mass is 1080 g/mol. The van der Waals surface area contributed by atoms with E-state index in [1.165, 1.54) is 0 Å². The van der Waals surface area contributed by atoms with Crippen molar-refractivity contribution in [2.24, 2.45) is 0 Å². The van der Waals surface area contributed by atoms with Crippen LogP contribution in [-0.4, -0.2) is 78.0 Å². The second kappa shape index (κ2) is 22.1. The molecule has 70 heavy (non-hydrogen) atoms. The van der Waals surface area contributed by atoms with Crippen LogP contribution in [0.2, 0.25) is 71.0 Å². The van der Waals surface area contributed by atoms with E-state index >= 15 is 0 Å². The van der Waals surface area contributed by atoms with Gasteiger partial charge < -0.3 is 32.9 Å². The Morgan fingerprint density at radius 3 is 0.814 bits per heavy atom. The lowest BCUT2D eigenvalue weighted by molar-refractivity contribution is 0.257. The molecule has 7 aromatic rings. The second-order valence-corrected chi connectivity index (χ2v) is 47.5. The van der Waals surface area contributed by atoms with Gasteiger partial charge in [-0.15, -0.1) is 0 Å². The number of rotatable bonds is 18. The van der Waals surface area contributed by atoms with Crippen LogP contribution >= 0.6 is 0 Å². The van der Waals surface area contributed by atoms with E-state index in [2.05, 4.69) is 271 Å². The van der Waals surface area contributed by atoms with Crippen molar-refractivity contribution in [2.45, 2.75) is 71.0 Å². The fourth-order valence-corrected chi connectivity index (χ4v) is 53.8. The summed E-state index contributed by atoms with van der Waals surface area (Å²) in [5, 5.41) is 6.70. The van der Waals surface area contributed by atoms with Crippen LogP contribution in [0.15, 0.2) is 212 Å². The maximum atomic E-state index is 8.71. The van der Waals surface area contributed by atoms with Crippen LogP contribution in [0.5, 0.6) is 0 Å². The molecule has 1 heterocycles. The van der Waals surface area contributed by atoms with E-state index < -0.39 is 78.0 Å². The summed E-state index contributed by atoms with van der Waals surface area (Å²) in [6.07, 6.45) is 0. The highest BCUT2D eigenvalue weighted by Gasteiger charge is 2.67. The molecule has 0 aromatic heterocycles. The van der Waals surface area contributed by atoms with Gasteiger partial charge >= 0.3 is 59.9 Å². The lowest BCUT2D eigenvalue weighted by atomic mass is 10.4. The molecule has 17 heteroatoms. The maximum Gasteiger partial charge on any atom is 0.390 e. The molecule has 7 aromatic carbocycles. The largest absolute Gasteiger partial charge is 0.437 e. The SMILES string of the molecule is C[Si](C)O[Si](C)(C)O[Si](C)(CC[Si]1(c2ccccc2)O[Si](c2ccccc2)(c2ccccc2)O[Si](c2ccccc2)(c2ccccc2)O[Si](c2ccccc2)(c2ccccc2)O1)O[Si](C)(C)O[Si](C)C. The van der Waals surface area contributed by atoms with Crippen LogP contribution in [-0.2, 0) is 32.9 Å². The molecule has 1 fully saturated rings. The van der Waals surface area contributed by atoms with Crippen molar-refractivity contribution in [3.63, 3.8) is 0 Å². The van der Waals surface area contributed by atoms with Gasteiger partial charge in [-0.05, 0) is 107 Å². The first-order valence-electron chi connectivity index (χ1n) is 24.1. The Morgan fingerprint density at radius 1 is 0.343 bits per heavy atom.